The zero-order valence-corrected chi connectivity index (χ0v) is 15.8. The highest BCUT2D eigenvalue weighted by atomic mass is 32.2. The smallest absolute Gasteiger partial charge is 0.332 e. The average molecular weight is 394 g/mol. The number of carbonyl (C=O) groups excluding carboxylic acids is 1. The largest absolute Gasteiger partial charge is 0.460 e. The van der Waals surface area contributed by atoms with Crippen molar-refractivity contribution in [2.45, 2.75) is 30.0 Å². The first kappa shape index (κ1) is 18.3. The summed E-state index contributed by atoms with van der Waals surface area (Å²) in [5.74, 6) is -0.390. The molecule has 0 bridgehead atoms. The number of hydrogen-bond donors (Lipinski definition) is 0. The quantitative estimate of drug-likeness (QED) is 0.491. The predicted molar refractivity (Wildman–Crippen MR) is 106 cm³/mol. The number of nitrogens with zero attached hydrogens (tertiary/aromatic N) is 2. The molecule has 0 saturated carbocycles. The topological polar surface area (TPSA) is 70.3 Å². The second-order valence-electron chi connectivity index (χ2n) is 6.49. The lowest BCUT2D eigenvalue weighted by molar-refractivity contribution is -0.144. The Kier molecular flexibility index (Phi) is 5.16. The number of rotatable bonds is 5. The zero-order chi connectivity index (χ0) is 19.5. The molecule has 1 aliphatic heterocycles. The van der Waals surface area contributed by atoms with Crippen LogP contribution >= 0.6 is 11.8 Å². The normalized spacial score (nSPS) is 15.2. The highest BCUT2D eigenvalue weighted by molar-refractivity contribution is 8.00. The fourth-order valence-electron chi connectivity index (χ4n) is 3.07. The average Bonchev–Trinajstić information content (AvgIpc) is 3.15. The van der Waals surface area contributed by atoms with E-state index in [0.717, 1.165) is 11.1 Å². The Morgan fingerprint density at radius 2 is 1.64 bits per heavy atom. The van der Waals surface area contributed by atoms with Crippen molar-refractivity contribution in [1.82, 2.24) is 9.13 Å². The van der Waals surface area contributed by atoms with Crippen LogP contribution in [0, 0.1) is 0 Å². The highest BCUT2D eigenvalue weighted by Gasteiger charge is 2.31. The molecule has 7 heteroatoms. The monoisotopic (exact) mass is 394 g/mol. The van der Waals surface area contributed by atoms with E-state index in [1.54, 1.807) is 0 Å². The molecule has 0 saturated heterocycles. The fourth-order valence-corrected chi connectivity index (χ4v) is 4.19. The maximum absolute atomic E-state index is 12.8. The van der Waals surface area contributed by atoms with Crippen LogP contribution in [-0.4, -0.2) is 20.4 Å². The molecule has 4 rings (SSSR count). The summed E-state index contributed by atoms with van der Waals surface area (Å²) < 4.78 is 8.05. The predicted octanol–water partition coefficient (Wildman–Crippen LogP) is 2.28. The fraction of sp³-hybridized carbons (Fsp3) is 0.190. The van der Waals surface area contributed by atoms with Crippen molar-refractivity contribution in [1.29, 1.82) is 0 Å². The first-order valence-electron chi connectivity index (χ1n) is 8.87. The summed E-state index contributed by atoms with van der Waals surface area (Å²) in [6.45, 7) is 0.580. The van der Waals surface area contributed by atoms with Crippen molar-refractivity contribution in [2.24, 2.45) is 0 Å². The van der Waals surface area contributed by atoms with Gasteiger partial charge in [-0.1, -0.05) is 72.4 Å². The lowest BCUT2D eigenvalue weighted by Gasteiger charge is -2.09. The molecule has 0 fully saturated rings. The van der Waals surface area contributed by atoms with Crippen LogP contribution in [0.2, 0.25) is 0 Å². The molecule has 0 aliphatic carbocycles. The van der Waals surface area contributed by atoms with E-state index in [9.17, 15) is 14.4 Å². The number of thioether (sulfide) groups is 1. The van der Waals surface area contributed by atoms with Gasteiger partial charge in [0.1, 0.15) is 11.9 Å². The van der Waals surface area contributed by atoms with Crippen LogP contribution < -0.4 is 11.2 Å². The second-order valence-corrected chi connectivity index (χ2v) is 7.71. The molecule has 2 aromatic carbocycles. The van der Waals surface area contributed by atoms with E-state index < -0.39 is 10.9 Å². The summed E-state index contributed by atoms with van der Waals surface area (Å²) in [5.41, 5.74) is 0.992. The van der Waals surface area contributed by atoms with Crippen LogP contribution in [0.15, 0.2) is 81.3 Å². The van der Waals surface area contributed by atoms with Crippen LogP contribution in [0.4, 0.5) is 0 Å². The Labute approximate surface area is 165 Å². The number of aromatic nitrogens is 2. The Morgan fingerprint density at radius 3 is 2.32 bits per heavy atom. The Bertz CT molecular complexity index is 1110. The Hall–Kier alpha value is -3.06. The summed E-state index contributed by atoms with van der Waals surface area (Å²) in [7, 11) is 0. The van der Waals surface area contributed by atoms with E-state index in [0.29, 0.717) is 5.03 Å². The number of carbonyl (C=O) groups is 1. The summed E-state index contributed by atoms with van der Waals surface area (Å²) in [4.78, 5) is 37.6. The maximum atomic E-state index is 12.8. The summed E-state index contributed by atoms with van der Waals surface area (Å²) in [6, 6.07) is 20.2. The van der Waals surface area contributed by atoms with Gasteiger partial charge in [0.15, 0.2) is 0 Å². The molecule has 1 aliphatic rings. The molecule has 1 aromatic heterocycles. The van der Waals surface area contributed by atoms with E-state index in [1.807, 2.05) is 60.7 Å². The van der Waals surface area contributed by atoms with E-state index in [1.165, 1.54) is 27.0 Å². The van der Waals surface area contributed by atoms with Crippen LogP contribution in [0.1, 0.15) is 11.1 Å². The second kappa shape index (κ2) is 7.90. The van der Waals surface area contributed by atoms with E-state index in [2.05, 4.69) is 0 Å². The van der Waals surface area contributed by atoms with Gasteiger partial charge < -0.3 is 4.74 Å². The van der Waals surface area contributed by atoms with E-state index >= 15 is 0 Å². The summed E-state index contributed by atoms with van der Waals surface area (Å²) in [5, 5.41) is -0.0376. The first-order chi connectivity index (χ1) is 13.6. The third kappa shape index (κ3) is 3.80. The number of esters is 1. The number of hydrogen-bond acceptors (Lipinski definition) is 5. The molecule has 0 spiro atoms. The molecule has 1 atom stereocenters. The van der Waals surface area contributed by atoms with Gasteiger partial charge in [0, 0.05) is 6.07 Å². The molecule has 6 nitrogen and oxygen atoms in total. The molecular weight excluding hydrogens is 376 g/mol. The molecular formula is C21H18N2O4S. The minimum atomic E-state index is -0.539. The van der Waals surface area contributed by atoms with E-state index in [-0.39, 0.29) is 31.2 Å². The van der Waals surface area contributed by atoms with Gasteiger partial charge in [-0.25, -0.2) is 4.79 Å². The van der Waals surface area contributed by atoms with Gasteiger partial charge in [0.25, 0.3) is 5.56 Å². The van der Waals surface area contributed by atoms with Crippen molar-refractivity contribution in [3.8, 4) is 0 Å². The molecule has 0 amide bonds. The van der Waals surface area contributed by atoms with Crippen LogP contribution in [0.3, 0.4) is 0 Å². The van der Waals surface area contributed by atoms with Crippen LogP contribution in [0.5, 0.6) is 0 Å². The third-order valence-corrected chi connectivity index (χ3v) is 5.73. The van der Waals surface area contributed by atoms with Crippen LogP contribution in [-0.2, 0) is 29.2 Å². The summed E-state index contributed by atoms with van der Waals surface area (Å²) >= 11 is 1.20. The van der Waals surface area contributed by atoms with Gasteiger partial charge in [-0.15, -0.1) is 0 Å². The molecule has 0 radical (unpaired) electrons. The van der Waals surface area contributed by atoms with Crippen molar-refractivity contribution in [3.05, 3.63) is 98.7 Å². The number of fused-ring (bicyclic) bond motifs is 1. The van der Waals surface area contributed by atoms with Gasteiger partial charge in [0.2, 0.25) is 0 Å². The van der Waals surface area contributed by atoms with Crippen LogP contribution in [0.25, 0.3) is 0 Å². The molecule has 2 heterocycles. The SMILES string of the molecule is O=C(OCc1ccccc1)C1Cn2c(cc(=O)n(Cc3ccccc3)c2=O)S1. The lowest BCUT2D eigenvalue weighted by atomic mass is 10.2. The van der Waals surface area contributed by atoms with Crippen molar-refractivity contribution in [2.75, 3.05) is 0 Å². The highest BCUT2D eigenvalue weighted by Crippen LogP contribution is 2.30. The molecule has 0 N–H and O–H groups in total. The standard InChI is InChI=1S/C21H18N2O4S/c24-18-11-19-23(21(26)22(18)12-15-7-3-1-4-8-15)13-17(28-19)20(25)27-14-16-9-5-2-6-10-16/h1-11,17H,12-14H2. The van der Waals surface area contributed by atoms with Gasteiger partial charge in [-0.3, -0.25) is 18.7 Å². The lowest BCUT2D eigenvalue weighted by Crippen LogP contribution is -2.40. The van der Waals surface area contributed by atoms with Crippen molar-refractivity contribution >= 4 is 17.7 Å². The van der Waals surface area contributed by atoms with Gasteiger partial charge in [0.05, 0.1) is 18.1 Å². The zero-order valence-electron chi connectivity index (χ0n) is 15.0. The Morgan fingerprint density at radius 1 is 1.00 bits per heavy atom. The third-order valence-electron chi connectivity index (χ3n) is 4.52. The number of benzene rings is 2. The maximum Gasteiger partial charge on any atom is 0.332 e. The summed E-state index contributed by atoms with van der Waals surface area (Å²) in [6.07, 6.45) is 0. The molecule has 1 unspecified atom stereocenters. The molecule has 142 valence electrons. The van der Waals surface area contributed by atoms with Crippen molar-refractivity contribution < 1.29 is 9.53 Å². The Balaban J connectivity index is 1.50. The van der Waals surface area contributed by atoms with Gasteiger partial charge in [-0.2, -0.15) is 0 Å². The first-order valence-corrected chi connectivity index (χ1v) is 9.75. The van der Waals surface area contributed by atoms with E-state index in [4.69, 9.17) is 4.74 Å². The molecule has 3 aromatic rings. The minimum absolute atomic E-state index is 0.183. The van der Waals surface area contributed by atoms with Gasteiger partial charge >= 0.3 is 11.7 Å². The minimum Gasteiger partial charge on any atom is -0.460 e. The molecule has 28 heavy (non-hydrogen) atoms. The number of ether oxygens (including phenoxy) is 1. The van der Waals surface area contributed by atoms with Gasteiger partial charge in [-0.05, 0) is 11.1 Å². The van der Waals surface area contributed by atoms with Crippen molar-refractivity contribution in [3.63, 3.8) is 0 Å².